The van der Waals surface area contributed by atoms with E-state index in [4.69, 9.17) is 10.8 Å². The number of primary amides is 1. The van der Waals surface area contributed by atoms with Gasteiger partial charge in [-0.3, -0.25) is 4.79 Å². The number of amides is 1. The van der Waals surface area contributed by atoms with E-state index in [-0.39, 0.29) is 6.61 Å². The van der Waals surface area contributed by atoms with Crippen LogP contribution in [-0.4, -0.2) is 23.7 Å². The molecule has 1 amide bonds. The second kappa shape index (κ2) is 7.04. The molecule has 0 aliphatic rings. The number of nitrogens with two attached hydrogens (primary N) is 1. The standard InChI is InChI=1S/C13H20N2O2/c1-10(4-3-7-16)15-9-11-5-2-6-12(8-11)13(14)17/h2,5-6,8,10,15-16H,3-4,7,9H2,1H3,(H2,14,17). The monoisotopic (exact) mass is 236 g/mol. The molecule has 94 valence electrons. The van der Waals surface area contributed by atoms with Gasteiger partial charge < -0.3 is 16.2 Å². The first kappa shape index (κ1) is 13.7. The van der Waals surface area contributed by atoms with E-state index >= 15 is 0 Å². The minimum atomic E-state index is -0.403. The lowest BCUT2D eigenvalue weighted by molar-refractivity contribution is 0.1000. The maximum atomic E-state index is 11.0. The first-order chi connectivity index (χ1) is 8.13. The summed E-state index contributed by atoms with van der Waals surface area (Å²) < 4.78 is 0. The van der Waals surface area contributed by atoms with Crippen LogP contribution in [-0.2, 0) is 6.54 Å². The van der Waals surface area contributed by atoms with Gasteiger partial charge in [-0.1, -0.05) is 12.1 Å². The molecule has 0 bridgehead atoms. The van der Waals surface area contributed by atoms with Gasteiger partial charge in [-0.15, -0.1) is 0 Å². The van der Waals surface area contributed by atoms with Crippen molar-refractivity contribution in [2.24, 2.45) is 5.73 Å². The first-order valence-electron chi connectivity index (χ1n) is 5.86. The zero-order valence-corrected chi connectivity index (χ0v) is 10.1. The Balaban J connectivity index is 2.46. The fraction of sp³-hybridized carbons (Fsp3) is 0.462. The van der Waals surface area contributed by atoms with Crippen LogP contribution in [0.25, 0.3) is 0 Å². The van der Waals surface area contributed by atoms with Crippen LogP contribution in [0.3, 0.4) is 0 Å². The molecule has 4 nitrogen and oxygen atoms in total. The molecule has 17 heavy (non-hydrogen) atoms. The molecule has 4 heteroatoms. The molecule has 0 aliphatic carbocycles. The Labute approximate surface area is 102 Å². The average molecular weight is 236 g/mol. The van der Waals surface area contributed by atoms with Gasteiger partial charge in [0.25, 0.3) is 0 Å². The molecular formula is C13H20N2O2. The van der Waals surface area contributed by atoms with Gasteiger partial charge in [0.15, 0.2) is 0 Å². The van der Waals surface area contributed by atoms with Crippen LogP contribution in [0.1, 0.15) is 35.7 Å². The minimum Gasteiger partial charge on any atom is -0.396 e. The maximum Gasteiger partial charge on any atom is 0.248 e. The number of benzene rings is 1. The smallest absolute Gasteiger partial charge is 0.248 e. The van der Waals surface area contributed by atoms with Crippen LogP contribution in [0.2, 0.25) is 0 Å². The van der Waals surface area contributed by atoms with Crippen molar-refractivity contribution < 1.29 is 9.90 Å². The Morgan fingerprint density at radius 3 is 2.94 bits per heavy atom. The van der Waals surface area contributed by atoms with Crippen molar-refractivity contribution in [3.05, 3.63) is 35.4 Å². The topological polar surface area (TPSA) is 75.3 Å². The molecule has 0 aliphatic heterocycles. The molecule has 0 fully saturated rings. The highest BCUT2D eigenvalue weighted by Gasteiger charge is 2.03. The van der Waals surface area contributed by atoms with Crippen LogP contribution in [0, 0.1) is 0 Å². The van der Waals surface area contributed by atoms with Crippen molar-refractivity contribution in [2.45, 2.75) is 32.4 Å². The largest absolute Gasteiger partial charge is 0.396 e. The Morgan fingerprint density at radius 1 is 1.53 bits per heavy atom. The molecule has 1 rings (SSSR count). The quantitative estimate of drug-likeness (QED) is 0.662. The second-order valence-electron chi connectivity index (χ2n) is 4.21. The fourth-order valence-electron chi connectivity index (χ4n) is 1.63. The maximum absolute atomic E-state index is 11.0. The van der Waals surface area contributed by atoms with Gasteiger partial charge in [0.2, 0.25) is 5.91 Å². The number of aliphatic hydroxyl groups is 1. The van der Waals surface area contributed by atoms with Crippen molar-refractivity contribution in [2.75, 3.05) is 6.61 Å². The lowest BCUT2D eigenvalue weighted by atomic mass is 10.1. The number of aliphatic hydroxyl groups excluding tert-OH is 1. The van der Waals surface area contributed by atoms with Crippen molar-refractivity contribution in [3.63, 3.8) is 0 Å². The van der Waals surface area contributed by atoms with E-state index in [0.717, 1.165) is 18.4 Å². The van der Waals surface area contributed by atoms with E-state index in [1.54, 1.807) is 12.1 Å². The Bertz CT molecular complexity index is 366. The predicted molar refractivity (Wildman–Crippen MR) is 67.6 cm³/mol. The summed E-state index contributed by atoms with van der Waals surface area (Å²) in [4.78, 5) is 11.0. The summed E-state index contributed by atoms with van der Waals surface area (Å²) in [6, 6.07) is 7.64. The van der Waals surface area contributed by atoms with E-state index < -0.39 is 5.91 Å². The molecule has 1 aromatic carbocycles. The third-order valence-electron chi connectivity index (χ3n) is 2.66. The summed E-state index contributed by atoms with van der Waals surface area (Å²) in [7, 11) is 0. The summed E-state index contributed by atoms with van der Waals surface area (Å²) in [6.45, 7) is 3.00. The molecule has 1 atom stereocenters. The summed E-state index contributed by atoms with van der Waals surface area (Å²) >= 11 is 0. The second-order valence-corrected chi connectivity index (χ2v) is 4.21. The third-order valence-corrected chi connectivity index (χ3v) is 2.66. The third kappa shape index (κ3) is 4.97. The number of hydrogen-bond donors (Lipinski definition) is 3. The van der Waals surface area contributed by atoms with Gasteiger partial charge >= 0.3 is 0 Å². The zero-order chi connectivity index (χ0) is 12.7. The highest BCUT2D eigenvalue weighted by Crippen LogP contribution is 2.05. The first-order valence-corrected chi connectivity index (χ1v) is 5.86. The predicted octanol–water partition coefficient (Wildman–Crippen LogP) is 1.04. The molecule has 0 spiro atoms. The summed E-state index contributed by atoms with van der Waals surface area (Å²) in [5.41, 5.74) is 6.79. The molecule has 1 aromatic rings. The van der Waals surface area contributed by atoms with Crippen molar-refractivity contribution >= 4 is 5.91 Å². The van der Waals surface area contributed by atoms with Crippen molar-refractivity contribution in [1.29, 1.82) is 0 Å². The van der Waals surface area contributed by atoms with Crippen LogP contribution < -0.4 is 11.1 Å². The van der Waals surface area contributed by atoms with Crippen molar-refractivity contribution in [3.8, 4) is 0 Å². The fourth-order valence-corrected chi connectivity index (χ4v) is 1.63. The van der Waals surface area contributed by atoms with Gasteiger partial charge in [0.1, 0.15) is 0 Å². The number of rotatable bonds is 7. The summed E-state index contributed by atoms with van der Waals surface area (Å²) in [6.07, 6.45) is 1.74. The van der Waals surface area contributed by atoms with Crippen LogP contribution in [0.15, 0.2) is 24.3 Å². The lowest BCUT2D eigenvalue weighted by Gasteiger charge is -2.13. The number of carbonyl (C=O) groups excluding carboxylic acids is 1. The molecule has 1 unspecified atom stereocenters. The van der Waals surface area contributed by atoms with E-state index in [9.17, 15) is 4.79 Å². The number of nitrogens with one attached hydrogen (secondary N) is 1. The van der Waals surface area contributed by atoms with E-state index in [2.05, 4.69) is 12.2 Å². The van der Waals surface area contributed by atoms with Crippen LogP contribution in [0.4, 0.5) is 0 Å². The molecule has 4 N–H and O–H groups in total. The van der Waals surface area contributed by atoms with E-state index in [0.29, 0.717) is 18.2 Å². The highest BCUT2D eigenvalue weighted by atomic mass is 16.2. The summed E-state index contributed by atoms with van der Waals surface area (Å²) in [5.74, 6) is -0.403. The number of hydrogen-bond acceptors (Lipinski definition) is 3. The molecule has 0 radical (unpaired) electrons. The zero-order valence-electron chi connectivity index (χ0n) is 10.1. The molecule has 0 saturated carbocycles. The van der Waals surface area contributed by atoms with Crippen LogP contribution in [0.5, 0.6) is 0 Å². The minimum absolute atomic E-state index is 0.225. The van der Waals surface area contributed by atoms with Gasteiger partial charge in [-0.2, -0.15) is 0 Å². The number of carbonyl (C=O) groups is 1. The van der Waals surface area contributed by atoms with Gasteiger partial charge in [0.05, 0.1) is 0 Å². The molecule has 0 saturated heterocycles. The Hall–Kier alpha value is -1.39. The van der Waals surface area contributed by atoms with Crippen molar-refractivity contribution in [1.82, 2.24) is 5.32 Å². The van der Waals surface area contributed by atoms with E-state index in [1.807, 2.05) is 12.1 Å². The summed E-state index contributed by atoms with van der Waals surface area (Å²) in [5, 5.41) is 12.1. The lowest BCUT2D eigenvalue weighted by Crippen LogP contribution is -2.25. The molecule has 0 heterocycles. The Kier molecular flexibility index (Phi) is 5.66. The average Bonchev–Trinajstić information content (AvgIpc) is 2.34. The highest BCUT2D eigenvalue weighted by molar-refractivity contribution is 5.92. The normalized spacial score (nSPS) is 12.4. The molecular weight excluding hydrogens is 216 g/mol. The van der Waals surface area contributed by atoms with Gasteiger partial charge in [-0.05, 0) is 37.5 Å². The Morgan fingerprint density at radius 2 is 2.29 bits per heavy atom. The molecule has 0 aromatic heterocycles. The van der Waals surface area contributed by atoms with Gasteiger partial charge in [0, 0.05) is 24.8 Å². The van der Waals surface area contributed by atoms with E-state index in [1.165, 1.54) is 0 Å². The SMILES string of the molecule is CC(CCCO)NCc1cccc(C(N)=O)c1. The van der Waals surface area contributed by atoms with Gasteiger partial charge in [-0.25, -0.2) is 0 Å². The van der Waals surface area contributed by atoms with Crippen LogP contribution >= 0.6 is 0 Å².